The van der Waals surface area contributed by atoms with Gasteiger partial charge in [0.05, 0.1) is 18.6 Å². The summed E-state index contributed by atoms with van der Waals surface area (Å²) < 4.78 is 11.1. The normalized spacial score (nSPS) is 10.5. The number of hydrogen-bond acceptors (Lipinski definition) is 6. The second-order valence-corrected chi connectivity index (χ2v) is 9.10. The number of halogens is 1. The van der Waals surface area contributed by atoms with Gasteiger partial charge >= 0.3 is 11.9 Å². The first-order valence-corrected chi connectivity index (χ1v) is 11.6. The van der Waals surface area contributed by atoms with Gasteiger partial charge in [-0.25, -0.2) is 4.79 Å². The van der Waals surface area contributed by atoms with Crippen molar-refractivity contribution < 1.29 is 28.7 Å². The Balaban J connectivity index is 1.76. The maximum atomic E-state index is 12.2. The number of carbonyl (C=O) groups is 4. The highest BCUT2D eigenvalue weighted by Crippen LogP contribution is 2.24. The molecule has 0 fully saturated rings. The summed E-state index contributed by atoms with van der Waals surface area (Å²) in [5.41, 5.74) is 3.20. The Kier molecular flexibility index (Phi) is 10.2. The Morgan fingerprint density at radius 1 is 0.912 bits per heavy atom. The second-order valence-electron chi connectivity index (χ2n) is 8.25. The van der Waals surface area contributed by atoms with Crippen LogP contribution in [0.3, 0.4) is 0 Å². The van der Waals surface area contributed by atoms with Crippen LogP contribution in [0.1, 0.15) is 48.2 Å². The van der Waals surface area contributed by atoms with E-state index in [4.69, 9.17) is 9.47 Å². The first-order chi connectivity index (χ1) is 16.0. The molecular formula is C25H29BrN2O6. The molecule has 0 bridgehead atoms. The van der Waals surface area contributed by atoms with Crippen molar-refractivity contribution in [3.05, 3.63) is 57.6 Å². The van der Waals surface area contributed by atoms with Gasteiger partial charge in [0, 0.05) is 22.3 Å². The number of esters is 2. The number of carbonyl (C=O) groups excluding carboxylic acids is 4. The number of amides is 2. The lowest BCUT2D eigenvalue weighted by molar-refractivity contribution is -0.147. The van der Waals surface area contributed by atoms with Crippen molar-refractivity contribution >= 4 is 51.1 Å². The molecule has 9 heteroatoms. The lowest BCUT2D eigenvalue weighted by Gasteiger charge is -2.11. The molecule has 182 valence electrons. The van der Waals surface area contributed by atoms with Gasteiger partial charge in [-0.1, -0.05) is 35.8 Å². The minimum atomic E-state index is -0.667. The molecule has 2 aromatic carbocycles. The fourth-order valence-corrected chi connectivity index (χ4v) is 3.27. The summed E-state index contributed by atoms with van der Waals surface area (Å²) in [6.45, 7) is 7.48. The summed E-state index contributed by atoms with van der Waals surface area (Å²) in [5, 5.41) is 5.34. The van der Waals surface area contributed by atoms with E-state index in [1.165, 1.54) is 6.07 Å². The molecule has 0 aromatic heterocycles. The number of hydrogen-bond donors (Lipinski definition) is 2. The van der Waals surface area contributed by atoms with Crippen molar-refractivity contribution in [3.63, 3.8) is 0 Å². The number of aryl methyl sites for hydroxylation is 2. The fourth-order valence-electron chi connectivity index (χ4n) is 2.81. The van der Waals surface area contributed by atoms with Gasteiger partial charge in [0.15, 0.2) is 6.61 Å². The average Bonchev–Trinajstić information content (AvgIpc) is 2.78. The van der Waals surface area contributed by atoms with Crippen LogP contribution in [0.25, 0.3) is 0 Å². The summed E-state index contributed by atoms with van der Waals surface area (Å²) >= 11 is 3.43. The molecular weight excluding hydrogens is 504 g/mol. The lowest BCUT2D eigenvalue weighted by Crippen LogP contribution is -2.22. The molecule has 34 heavy (non-hydrogen) atoms. The third-order valence-corrected chi connectivity index (χ3v) is 5.48. The maximum Gasteiger partial charge on any atom is 0.338 e. The number of rotatable bonds is 10. The molecule has 2 amide bonds. The Labute approximate surface area is 207 Å². The minimum Gasteiger partial charge on any atom is -0.462 e. The molecule has 0 spiro atoms. The standard InChI is InChI=1S/C25H29BrN2O6/c1-15(2)13-34-25(32)18-6-5-7-19(12-18)27-22(29)8-9-24(31)33-14-23(30)28-21-11-16(3)20(26)10-17(21)4/h5-7,10-12,15H,8-9,13-14H2,1-4H3,(H,27,29)(H,28,30). The van der Waals surface area contributed by atoms with E-state index in [2.05, 4.69) is 26.6 Å². The summed E-state index contributed by atoms with van der Waals surface area (Å²) in [4.78, 5) is 48.3. The molecule has 0 heterocycles. The molecule has 0 saturated carbocycles. The smallest absolute Gasteiger partial charge is 0.338 e. The average molecular weight is 533 g/mol. The summed E-state index contributed by atoms with van der Waals surface area (Å²) in [7, 11) is 0. The molecule has 8 nitrogen and oxygen atoms in total. The van der Waals surface area contributed by atoms with Gasteiger partial charge in [-0.3, -0.25) is 14.4 Å². The van der Waals surface area contributed by atoms with E-state index in [9.17, 15) is 19.2 Å². The number of ether oxygens (including phenoxy) is 2. The highest BCUT2D eigenvalue weighted by atomic mass is 79.9. The number of nitrogens with one attached hydrogen (secondary N) is 2. The van der Waals surface area contributed by atoms with Crippen molar-refractivity contribution in [1.82, 2.24) is 0 Å². The molecule has 2 rings (SSSR count). The van der Waals surface area contributed by atoms with E-state index in [1.807, 2.05) is 39.8 Å². The van der Waals surface area contributed by atoms with Crippen LogP contribution in [0, 0.1) is 19.8 Å². The fraction of sp³-hybridized carbons (Fsp3) is 0.360. The van der Waals surface area contributed by atoms with Crippen molar-refractivity contribution in [1.29, 1.82) is 0 Å². The lowest BCUT2D eigenvalue weighted by atomic mass is 10.1. The highest BCUT2D eigenvalue weighted by molar-refractivity contribution is 9.10. The third kappa shape index (κ3) is 8.97. The van der Waals surface area contributed by atoms with Crippen molar-refractivity contribution in [2.45, 2.75) is 40.5 Å². The highest BCUT2D eigenvalue weighted by Gasteiger charge is 2.14. The molecule has 0 aliphatic rings. The molecule has 0 aliphatic carbocycles. The number of anilines is 2. The minimum absolute atomic E-state index is 0.131. The Morgan fingerprint density at radius 3 is 2.35 bits per heavy atom. The summed E-state index contributed by atoms with van der Waals surface area (Å²) in [5.74, 6) is -1.81. The van der Waals surface area contributed by atoms with Gasteiger partial charge < -0.3 is 20.1 Å². The zero-order chi connectivity index (χ0) is 25.3. The van der Waals surface area contributed by atoms with Gasteiger partial charge in [0.1, 0.15) is 0 Å². The van der Waals surface area contributed by atoms with E-state index in [0.717, 1.165) is 15.6 Å². The SMILES string of the molecule is Cc1cc(NC(=O)COC(=O)CCC(=O)Nc2cccc(C(=O)OCC(C)C)c2)c(C)cc1Br. The molecule has 2 N–H and O–H groups in total. The second kappa shape index (κ2) is 12.9. The molecule has 2 aromatic rings. The monoisotopic (exact) mass is 532 g/mol. The van der Waals surface area contributed by atoms with E-state index in [0.29, 0.717) is 23.5 Å². The Bertz CT molecular complexity index is 1070. The Hall–Kier alpha value is -3.20. The van der Waals surface area contributed by atoms with E-state index in [1.54, 1.807) is 18.2 Å². The van der Waals surface area contributed by atoms with Gasteiger partial charge in [-0.2, -0.15) is 0 Å². The van der Waals surface area contributed by atoms with Crippen LogP contribution in [-0.4, -0.2) is 37.0 Å². The molecule has 0 unspecified atom stereocenters. The van der Waals surface area contributed by atoms with Gasteiger partial charge in [0.2, 0.25) is 5.91 Å². The quantitative estimate of drug-likeness (QED) is 0.426. The molecule has 0 aliphatic heterocycles. The third-order valence-electron chi connectivity index (χ3n) is 4.63. The van der Waals surface area contributed by atoms with Gasteiger partial charge in [0.25, 0.3) is 5.91 Å². The van der Waals surface area contributed by atoms with Crippen LogP contribution in [0.4, 0.5) is 11.4 Å². The molecule has 0 radical (unpaired) electrons. The van der Waals surface area contributed by atoms with Crippen LogP contribution >= 0.6 is 15.9 Å². The largest absolute Gasteiger partial charge is 0.462 e. The van der Waals surface area contributed by atoms with Crippen LogP contribution in [-0.2, 0) is 23.9 Å². The Morgan fingerprint density at radius 2 is 1.65 bits per heavy atom. The van der Waals surface area contributed by atoms with Crippen LogP contribution in [0.5, 0.6) is 0 Å². The number of benzene rings is 2. The summed E-state index contributed by atoms with van der Waals surface area (Å²) in [6.07, 6.45) is -0.320. The predicted molar refractivity (Wildman–Crippen MR) is 133 cm³/mol. The first-order valence-electron chi connectivity index (χ1n) is 10.8. The topological polar surface area (TPSA) is 111 Å². The molecule has 0 atom stereocenters. The van der Waals surface area contributed by atoms with Crippen LogP contribution < -0.4 is 10.6 Å². The van der Waals surface area contributed by atoms with Crippen molar-refractivity contribution in [3.8, 4) is 0 Å². The summed E-state index contributed by atoms with van der Waals surface area (Å²) in [6, 6.07) is 10.1. The van der Waals surface area contributed by atoms with Crippen LogP contribution in [0.15, 0.2) is 40.9 Å². The van der Waals surface area contributed by atoms with E-state index in [-0.39, 0.29) is 18.8 Å². The van der Waals surface area contributed by atoms with E-state index >= 15 is 0 Å². The van der Waals surface area contributed by atoms with Gasteiger partial charge in [-0.15, -0.1) is 0 Å². The first kappa shape index (κ1) is 27.0. The molecule has 0 saturated heterocycles. The van der Waals surface area contributed by atoms with Crippen LogP contribution in [0.2, 0.25) is 0 Å². The van der Waals surface area contributed by atoms with E-state index < -0.39 is 30.4 Å². The van der Waals surface area contributed by atoms with Crippen molar-refractivity contribution in [2.24, 2.45) is 5.92 Å². The zero-order valence-corrected chi connectivity index (χ0v) is 21.3. The van der Waals surface area contributed by atoms with Crippen molar-refractivity contribution in [2.75, 3.05) is 23.8 Å². The van der Waals surface area contributed by atoms with Gasteiger partial charge in [-0.05, 0) is 61.2 Å². The zero-order valence-electron chi connectivity index (χ0n) is 19.7. The maximum absolute atomic E-state index is 12.2. The predicted octanol–water partition coefficient (Wildman–Crippen LogP) is 4.78.